The van der Waals surface area contributed by atoms with Gasteiger partial charge >= 0.3 is 0 Å². The van der Waals surface area contributed by atoms with Gasteiger partial charge < -0.3 is 0 Å². The number of hydrogen-bond donors (Lipinski definition) is 0. The fraction of sp³-hybridized carbons (Fsp3) is 0.900. The lowest BCUT2D eigenvalue weighted by Crippen LogP contribution is -2.18. The fourth-order valence-corrected chi connectivity index (χ4v) is 2.53. The molecule has 84 valence electrons. The molecule has 4 unspecified atom stereocenters. The molecule has 0 radical (unpaired) electrons. The maximum Gasteiger partial charge on any atom is 0.169 e. The zero-order valence-electron chi connectivity index (χ0n) is 9.39. The summed E-state index contributed by atoms with van der Waals surface area (Å²) in [5.74, 6) is 2.17. The van der Waals surface area contributed by atoms with Crippen LogP contribution in [-0.2, 0) is 0 Å². The lowest BCUT2D eigenvalue weighted by atomic mass is 9.98. The van der Waals surface area contributed by atoms with Crippen molar-refractivity contribution in [3.8, 4) is 0 Å². The third-order valence-corrected chi connectivity index (χ3v) is 3.81. The zero-order valence-corrected chi connectivity index (χ0v) is 10.1. The second-order valence-electron chi connectivity index (χ2n) is 4.58. The Kier molecular flexibility index (Phi) is 2.96. The summed E-state index contributed by atoms with van der Waals surface area (Å²) < 4.78 is 1.92. The molecule has 4 nitrogen and oxygen atoms in total. The van der Waals surface area contributed by atoms with Crippen LogP contribution >= 0.6 is 11.6 Å². The van der Waals surface area contributed by atoms with E-state index in [0.717, 1.165) is 18.2 Å². The Balaban J connectivity index is 2.26. The quantitative estimate of drug-likeness (QED) is 0.731. The monoisotopic (exact) mass is 228 g/mol. The number of aromatic nitrogens is 4. The molecule has 0 saturated heterocycles. The molecule has 0 bridgehead atoms. The number of tetrazole rings is 1. The topological polar surface area (TPSA) is 43.6 Å². The van der Waals surface area contributed by atoms with E-state index >= 15 is 0 Å². The van der Waals surface area contributed by atoms with E-state index < -0.39 is 0 Å². The van der Waals surface area contributed by atoms with Gasteiger partial charge in [0.15, 0.2) is 5.82 Å². The van der Waals surface area contributed by atoms with Gasteiger partial charge in [-0.1, -0.05) is 13.8 Å². The summed E-state index contributed by atoms with van der Waals surface area (Å²) >= 11 is 6.05. The highest BCUT2D eigenvalue weighted by atomic mass is 35.5. The van der Waals surface area contributed by atoms with Crippen molar-refractivity contribution in [2.24, 2.45) is 11.8 Å². The number of alkyl halides is 1. The van der Waals surface area contributed by atoms with E-state index in [1.807, 2.05) is 11.6 Å². The third-order valence-electron chi connectivity index (χ3n) is 3.61. The Morgan fingerprint density at radius 3 is 2.67 bits per heavy atom. The molecule has 1 aromatic rings. The van der Waals surface area contributed by atoms with Gasteiger partial charge in [-0.15, -0.1) is 16.7 Å². The van der Waals surface area contributed by atoms with E-state index in [1.54, 1.807) is 0 Å². The van der Waals surface area contributed by atoms with Crippen molar-refractivity contribution in [1.82, 2.24) is 20.2 Å². The molecule has 1 fully saturated rings. The van der Waals surface area contributed by atoms with E-state index in [2.05, 4.69) is 29.4 Å². The summed E-state index contributed by atoms with van der Waals surface area (Å²) in [5, 5.41) is 11.7. The predicted molar refractivity (Wildman–Crippen MR) is 58.7 cm³/mol. The van der Waals surface area contributed by atoms with Crippen molar-refractivity contribution in [1.29, 1.82) is 0 Å². The Labute approximate surface area is 95.0 Å². The number of rotatable bonds is 2. The van der Waals surface area contributed by atoms with Gasteiger partial charge in [0, 0.05) is 0 Å². The van der Waals surface area contributed by atoms with Gasteiger partial charge in [-0.25, -0.2) is 4.68 Å². The normalized spacial score (nSPS) is 33.2. The maximum atomic E-state index is 6.05. The highest BCUT2D eigenvalue weighted by molar-refractivity contribution is 6.20. The molecule has 0 amide bonds. The van der Waals surface area contributed by atoms with Crippen LogP contribution in [0.4, 0.5) is 0 Å². The Bertz CT molecular complexity index is 336. The number of halogens is 1. The van der Waals surface area contributed by atoms with Gasteiger partial charge in [-0.2, -0.15) is 0 Å². The number of hydrogen-bond acceptors (Lipinski definition) is 3. The molecule has 1 aromatic heterocycles. The molecule has 4 atom stereocenters. The summed E-state index contributed by atoms with van der Waals surface area (Å²) in [4.78, 5) is 0. The van der Waals surface area contributed by atoms with Gasteiger partial charge in [0.25, 0.3) is 0 Å². The van der Waals surface area contributed by atoms with Crippen LogP contribution in [0.3, 0.4) is 0 Å². The molecule has 0 spiro atoms. The molecule has 0 N–H and O–H groups in total. The molecule has 1 aliphatic rings. The van der Waals surface area contributed by atoms with Gasteiger partial charge in [0.1, 0.15) is 0 Å². The molecule has 1 saturated carbocycles. The molecule has 1 heterocycles. The second-order valence-corrected chi connectivity index (χ2v) is 5.23. The average molecular weight is 229 g/mol. The van der Waals surface area contributed by atoms with Crippen LogP contribution in [0.2, 0.25) is 0 Å². The van der Waals surface area contributed by atoms with Crippen LogP contribution in [0.5, 0.6) is 0 Å². The van der Waals surface area contributed by atoms with Crippen LogP contribution in [0.25, 0.3) is 0 Å². The van der Waals surface area contributed by atoms with Crippen molar-refractivity contribution < 1.29 is 0 Å². The zero-order chi connectivity index (χ0) is 11.0. The molecule has 15 heavy (non-hydrogen) atoms. The molecular formula is C10H17ClN4. The van der Waals surface area contributed by atoms with E-state index in [1.165, 1.54) is 6.42 Å². The minimum absolute atomic E-state index is 0.122. The van der Waals surface area contributed by atoms with E-state index in [-0.39, 0.29) is 5.38 Å². The lowest BCUT2D eigenvalue weighted by Gasteiger charge is -2.19. The lowest BCUT2D eigenvalue weighted by molar-refractivity contribution is 0.318. The number of nitrogens with zero attached hydrogens (tertiary/aromatic N) is 4. The first-order valence-electron chi connectivity index (χ1n) is 5.53. The summed E-state index contributed by atoms with van der Waals surface area (Å²) in [6, 6.07) is 0.422. The van der Waals surface area contributed by atoms with Gasteiger partial charge in [0.2, 0.25) is 0 Å². The molecule has 5 heteroatoms. The van der Waals surface area contributed by atoms with Crippen molar-refractivity contribution >= 4 is 11.6 Å². The predicted octanol–water partition coefficient (Wildman–Crippen LogP) is 2.58. The largest absolute Gasteiger partial charge is 0.225 e. The van der Waals surface area contributed by atoms with E-state index in [9.17, 15) is 0 Å². The summed E-state index contributed by atoms with van der Waals surface area (Å²) in [6.07, 6.45) is 2.41. The van der Waals surface area contributed by atoms with Gasteiger partial charge in [-0.05, 0) is 42.0 Å². The third kappa shape index (κ3) is 1.87. The molecule has 0 aromatic carbocycles. The first-order chi connectivity index (χ1) is 7.11. The summed E-state index contributed by atoms with van der Waals surface area (Å²) in [7, 11) is 0. The first kappa shape index (κ1) is 10.9. The minimum atomic E-state index is -0.122. The summed E-state index contributed by atoms with van der Waals surface area (Å²) in [5.41, 5.74) is 0. The van der Waals surface area contributed by atoms with E-state index in [4.69, 9.17) is 11.6 Å². The van der Waals surface area contributed by atoms with Crippen LogP contribution in [0.15, 0.2) is 0 Å². The molecule has 0 aliphatic heterocycles. The SMILES string of the molecule is CC(Cl)c1nnnn1C1CCC(C)C1C. The Morgan fingerprint density at radius 1 is 1.40 bits per heavy atom. The highest BCUT2D eigenvalue weighted by Gasteiger charge is 2.33. The Hall–Kier alpha value is -0.640. The highest BCUT2D eigenvalue weighted by Crippen LogP contribution is 2.40. The second kappa shape index (κ2) is 4.08. The van der Waals surface area contributed by atoms with Crippen LogP contribution in [0.1, 0.15) is 50.9 Å². The standard InChI is InChI=1S/C10H17ClN4/c1-6-4-5-9(7(6)2)15-10(8(3)11)12-13-14-15/h6-9H,4-5H2,1-3H3. The van der Waals surface area contributed by atoms with E-state index in [0.29, 0.717) is 12.0 Å². The Morgan fingerprint density at radius 2 is 2.13 bits per heavy atom. The van der Waals surface area contributed by atoms with Crippen molar-refractivity contribution in [3.63, 3.8) is 0 Å². The maximum absolute atomic E-state index is 6.05. The minimum Gasteiger partial charge on any atom is -0.225 e. The average Bonchev–Trinajstić information content (AvgIpc) is 2.75. The van der Waals surface area contributed by atoms with Crippen molar-refractivity contribution in [2.75, 3.05) is 0 Å². The van der Waals surface area contributed by atoms with Crippen LogP contribution in [0, 0.1) is 11.8 Å². The van der Waals surface area contributed by atoms with Gasteiger partial charge in [-0.3, -0.25) is 0 Å². The first-order valence-corrected chi connectivity index (χ1v) is 5.96. The van der Waals surface area contributed by atoms with Gasteiger partial charge in [0.05, 0.1) is 11.4 Å². The molecule has 2 rings (SSSR count). The fourth-order valence-electron chi connectivity index (χ4n) is 2.38. The van der Waals surface area contributed by atoms with Crippen LogP contribution in [-0.4, -0.2) is 20.2 Å². The smallest absolute Gasteiger partial charge is 0.169 e. The molecular weight excluding hydrogens is 212 g/mol. The molecule has 1 aliphatic carbocycles. The van der Waals surface area contributed by atoms with Crippen molar-refractivity contribution in [3.05, 3.63) is 5.82 Å². The van der Waals surface area contributed by atoms with Crippen LogP contribution < -0.4 is 0 Å². The summed E-state index contributed by atoms with van der Waals surface area (Å²) in [6.45, 7) is 6.47. The van der Waals surface area contributed by atoms with Crippen molar-refractivity contribution in [2.45, 2.75) is 45.0 Å².